The Labute approximate surface area is 182 Å². The Morgan fingerprint density at radius 3 is 2.63 bits per heavy atom. The van der Waals surface area contributed by atoms with Crippen LogP contribution in [0, 0.1) is 6.92 Å². The summed E-state index contributed by atoms with van der Waals surface area (Å²) in [6, 6.07) is 9.47. The molecule has 148 valence electrons. The van der Waals surface area contributed by atoms with Gasteiger partial charge >= 0.3 is 0 Å². The topological polar surface area (TPSA) is 70.4 Å². The van der Waals surface area contributed by atoms with E-state index < -0.39 is 0 Å². The normalized spacial score (nSPS) is 10.9. The highest BCUT2D eigenvalue weighted by Crippen LogP contribution is 2.22. The number of carbonyl (C=O) groups excluding carboxylic acids is 1. The summed E-state index contributed by atoms with van der Waals surface area (Å²) < 4.78 is 2.09. The first kappa shape index (κ1) is 23.3. The first-order chi connectivity index (χ1) is 12.6. The van der Waals surface area contributed by atoms with Crippen molar-refractivity contribution in [1.29, 1.82) is 0 Å². The first-order valence-corrected chi connectivity index (χ1v) is 9.16. The van der Waals surface area contributed by atoms with Crippen LogP contribution in [0.3, 0.4) is 0 Å². The molecule has 0 aliphatic heterocycles. The number of benzene rings is 1. The molecule has 0 fully saturated rings. The summed E-state index contributed by atoms with van der Waals surface area (Å²) in [5.41, 5.74) is 1.61. The van der Waals surface area contributed by atoms with E-state index in [1.165, 1.54) is 0 Å². The van der Waals surface area contributed by atoms with E-state index in [-0.39, 0.29) is 29.9 Å². The Morgan fingerprint density at radius 2 is 1.93 bits per heavy atom. The largest absolute Gasteiger partial charge is 0.357 e. The molecule has 27 heavy (non-hydrogen) atoms. The quantitative estimate of drug-likeness (QED) is 0.293. The van der Waals surface area contributed by atoms with E-state index in [0.29, 0.717) is 23.9 Å². The lowest BCUT2D eigenvalue weighted by atomic mass is 10.2. The number of halogens is 2. The van der Waals surface area contributed by atoms with Crippen molar-refractivity contribution in [1.82, 2.24) is 15.2 Å². The average Bonchev–Trinajstić information content (AvgIpc) is 3.12. The molecule has 3 N–H and O–H groups in total. The van der Waals surface area contributed by atoms with Crippen LogP contribution in [-0.2, 0) is 11.3 Å². The number of nitrogens with one attached hydrogen (secondary N) is 3. The zero-order chi connectivity index (χ0) is 18.8. The lowest BCUT2D eigenvalue weighted by Gasteiger charge is -2.12. The van der Waals surface area contributed by atoms with Gasteiger partial charge in [-0.15, -0.1) is 24.0 Å². The van der Waals surface area contributed by atoms with Crippen molar-refractivity contribution in [3.63, 3.8) is 0 Å². The van der Waals surface area contributed by atoms with Gasteiger partial charge in [0.15, 0.2) is 5.96 Å². The van der Waals surface area contributed by atoms with Crippen molar-refractivity contribution in [3.05, 3.63) is 53.3 Å². The highest BCUT2D eigenvalue weighted by Gasteiger charge is 2.06. The highest BCUT2D eigenvalue weighted by molar-refractivity contribution is 14.0. The molecule has 0 saturated carbocycles. The standard InChI is InChI=1S/C19H26ClN5O.HI/c1-3-21-19(23-11-14-25-12-4-5-13-25)22-10-9-18(26)24-17-8-6-7-16(20)15(17)2;/h4-8,12-13H,3,9-11,14H2,1-2H3,(H,24,26)(H2,21,22,23);1H. The van der Waals surface area contributed by atoms with Gasteiger partial charge in [0.2, 0.25) is 5.91 Å². The second-order valence-corrected chi connectivity index (χ2v) is 6.23. The van der Waals surface area contributed by atoms with Crippen LogP contribution >= 0.6 is 35.6 Å². The Balaban J connectivity index is 0.00000364. The fraction of sp³-hybridized carbons (Fsp3) is 0.368. The van der Waals surface area contributed by atoms with Crippen molar-refractivity contribution >= 4 is 53.1 Å². The summed E-state index contributed by atoms with van der Waals surface area (Å²) in [5, 5.41) is 9.97. The van der Waals surface area contributed by atoms with Crippen LogP contribution in [0.2, 0.25) is 5.02 Å². The molecule has 2 rings (SSSR count). The zero-order valence-corrected chi connectivity index (χ0v) is 18.8. The number of carbonyl (C=O) groups is 1. The molecular formula is C19H27ClIN5O. The van der Waals surface area contributed by atoms with E-state index in [1.807, 2.05) is 50.5 Å². The third-order valence-electron chi connectivity index (χ3n) is 3.82. The predicted molar refractivity (Wildman–Crippen MR) is 123 cm³/mol. The van der Waals surface area contributed by atoms with Gasteiger partial charge in [-0.2, -0.15) is 0 Å². The number of anilines is 1. The predicted octanol–water partition coefficient (Wildman–Crippen LogP) is 3.65. The average molecular weight is 504 g/mol. The minimum atomic E-state index is -0.0812. The van der Waals surface area contributed by atoms with Crippen molar-refractivity contribution in [2.45, 2.75) is 26.8 Å². The molecule has 0 atom stereocenters. The molecule has 1 amide bonds. The molecular weight excluding hydrogens is 477 g/mol. The van der Waals surface area contributed by atoms with Crippen LogP contribution in [0.4, 0.5) is 5.69 Å². The van der Waals surface area contributed by atoms with Gasteiger partial charge in [0.05, 0.1) is 6.54 Å². The van der Waals surface area contributed by atoms with Crippen molar-refractivity contribution in [2.75, 3.05) is 25.0 Å². The summed E-state index contributed by atoms with van der Waals surface area (Å²) in [7, 11) is 0. The van der Waals surface area contributed by atoms with E-state index in [4.69, 9.17) is 11.6 Å². The van der Waals surface area contributed by atoms with E-state index >= 15 is 0 Å². The van der Waals surface area contributed by atoms with E-state index in [9.17, 15) is 4.79 Å². The van der Waals surface area contributed by atoms with Crippen molar-refractivity contribution in [3.8, 4) is 0 Å². The highest BCUT2D eigenvalue weighted by atomic mass is 127. The second kappa shape index (κ2) is 12.6. The van der Waals surface area contributed by atoms with Gasteiger partial charge in [-0.1, -0.05) is 17.7 Å². The number of aliphatic imine (C=N–C) groups is 1. The SMILES string of the molecule is CCNC(=NCCC(=O)Nc1cccc(Cl)c1C)NCCn1cccc1.I. The summed E-state index contributed by atoms with van der Waals surface area (Å²) in [6.45, 7) is 6.68. The molecule has 0 saturated heterocycles. The number of guanidine groups is 1. The van der Waals surface area contributed by atoms with Crippen LogP contribution in [0.1, 0.15) is 18.9 Å². The molecule has 1 aromatic heterocycles. The van der Waals surface area contributed by atoms with Gasteiger partial charge in [-0.05, 0) is 43.7 Å². The number of amides is 1. The fourth-order valence-corrected chi connectivity index (χ4v) is 2.56. The third kappa shape index (κ3) is 8.21. The molecule has 0 unspecified atom stereocenters. The Morgan fingerprint density at radius 1 is 1.19 bits per heavy atom. The molecule has 6 nitrogen and oxygen atoms in total. The monoisotopic (exact) mass is 503 g/mol. The van der Waals surface area contributed by atoms with Crippen molar-refractivity contribution in [2.24, 2.45) is 4.99 Å². The summed E-state index contributed by atoms with van der Waals surface area (Å²) in [4.78, 5) is 16.6. The molecule has 0 bridgehead atoms. The molecule has 1 aromatic carbocycles. The van der Waals surface area contributed by atoms with Gasteiger partial charge in [-0.3, -0.25) is 9.79 Å². The maximum absolute atomic E-state index is 12.1. The smallest absolute Gasteiger partial charge is 0.226 e. The maximum Gasteiger partial charge on any atom is 0.226 e. The van der Waals surface area contributed by atoms with Gasteiger partial charge in [-0.25, -0.2) is 0 Å². The molecule has 2 aromatic rings. The summed E-state index contributed by atoms with van der Waals surface area (Å²) in [6.07, 6.45) is 4.35. The molecule has 0 spiro atoms. The summed E-state index contributed by atoms with van der Waals surface area (Å²) >= 11 is 6.07. The Hall–Kier alpha value is -1.74. The number of hydrogen-bond donors (Lipinski definition) is 3. The van der Waals surface area contributed by atoms with Crippen LogP contribution in [0.25, 0.3) is 0 Å². The Bertz CT molecular complexity index is 734. The zero-order valence-electron chi connectivity index (χ0n) is 15.7. The maximum atomic E-state index is 12.1. The molecule has 0 radical (unpaired) electrons. The number of aromatic nitrogens is 1. The Kier molecular flexibility index (Phi) is 10.9. The minimum absolute atomic E-state index is 0. The molecule has 8 heteroatoms. The molecule has 0 aliphatic rings. The minimum Gasteiger partial charge on any atom is -0.357 e. The first-order valence-electron chi connectivity index (χ1n) is 8.78. The van der Waals surface area contributed by atoms with Crippen LogP contribution in [-0.4, -0.2) is 36.1 Å². The van der Waals surface area contributed by atoms with Gasteiger partial charge in [0, 0.05) is 49.2 Å². The summed E-state index contributed by atoms with van der Waals surface area (Å²) in [5.74, 6) is 0.633. The number of hydrogen-bond acceptors (Lipinski definition) is 2. The fourth-order valence-electron chi connectivity index (χ4n) is 2.39. The van der Waals surface area contributed by atoms with E-state index in [0.717, 1.165) is 30.9 Å². The lowest BCUT2D eigenvalue weighted by molar-refractivity contribution is -0.116. The van der Waals surface area contributed by atoms with Crippen LogP contribution < -0.4 is 16.0 Å². The van der Waals surface area contributed by atoms with E-state index in [1.54, 1.807) is 6.07 Å². The molecule has 1 heterocycles. The van der Waals surface area contributed by atoms with Gasteiger partial charge in [0.25, 0.3) is 0 Å². The third-order valence-corrected chi connectivity index (χ3v) is 4.23. The lowest BCUT2D eigenvalue weighted by Crippen LogP contribution is -2.39. The van der Waals surface area contributed by atoms with Crippen LogP contribution in [0.5, 0.6) is 0 Å². The molecule has 0 aliphatic carbocycles. The number of rotatable bonds is 8. The second-order valence-electron chi connectivity index (χ2n) is 5.82. The number of nitrogens with zero attached hydrogens (tertiary/aromatic N) is 2. The van der Waals surface area contributed by atoms with Crippen molar-refractivity contribution < 1.29 is 4.79 Å². The van der Waals surface area contributed by atoms with E-state index in [2.05, 4.69) is 25.5 Å². The van der Waals surface area contributed by atoms with Gasteiger partial charge in [0.1, 0.15) is 0 Å². The van der Waals surface area contributed by atoms with Crippen LogP contribution in [0.15, 0.2) is 47.7 Å². The van der Waals surface area contributed by atoms with Gasteiger partial charge < -0.3 is 20.5 Å².